The molecule has 0 bridgehead atoms. The van der Waals surface area contributed by atoms with Gasteiger partial charge in [-0.15, -0.1) is 24.0 Å². The molecule has 2 rings (SSSR count). The Morgan fingerprint density at radius 2 is 1.93 bits per heavy atom. The van der Waals surface area contributed by atoms with Gasteiger partial charge in [-0.05, 0) is 24.5 Å². The molecule has 1 unspecified atom stereocenters. The first-order chi connectivity index (χ1) is 13.9. The second-order valence-corrected chi connectivity index (χ2v) is 7.33. The van der Waals surface area contributed by atoms with Crippen molar-refractivity contribution in [2.45, 2.75) is 39.5 Å². The highest BCUT2D eigenvalue weighted by Gasteiger charge is 2.22. The summed E-state index contributed by atoms with van der Waals surface area (Å²) in [6.07, 6.45) is 1.02. The maximum absolute atomic E-state index is 14.1. The Bertz CT molecular complexity index is 659. The van der Waals surface area contributed by atoms with E-state index < -0.39 is 12.4 Å². The monoisotopic (exact) mass is 544 g/mol. The first kappa shape index (κ1) is 26.8. The average Bonchev–Trinajstić information content (AvgIpc) is 2.68. The summed E-state index contributed by atoms with van der Waals surface area (Å²) < 4.78 is 49.1. The molecule has 1 aliphatic heterocycles. The molecule has 1 aliphatic rings. The van der Waals surface area contributed by atoms with Gasteiger partial charge in [0.25, 0.3) is 0 Å². The van der Waals surface area contributed by atoms with E-state index in [0.717, 1.165) is 32.7 Å². The van der Waals surface area contributed by atoms with Crippen molar-refractivity contribution in [2.75, 3.05) is 39.9 Å². The van der Waals surface area contributed by atoms with Crippen LogP contribution in [0, 0.1) is 11.7 Å². The maximum atomic E-state index is 14.1. The largest absolute Gasteiger partial charge is 0.434 e. The van der Waals surface area contributed by atoms with Crippen molar-refractivity contribution in [1.82, 2.24) is 15.5 Å². The van der Waals surface area contributed by atoms with E-state index in [4.69, 9.17) is 4.74 Å². The van der Waals surface area contributed by atoms with Crippen LogP contribution in [0.2, 0.25) is 0 Å². The van der Waals surface area contributed by atoms with Crippen molar-refractivity contribution in [1.29, 1.82) is 0 Å². The highest BCUT2D eigenvalue weighted by atomic mass is 127. The number of hydrogen-bond acceptors (Lipinski definition) is 4. The van der Waals surface area contributed by atoms with E-state index in [9.17, 15) is 13.2 Å². The Morgan fingerprint density at radius 1 is 1.23 bits per heavy atom. The predicted molar refractivity (Wildman–Crippen MR) is 122 cm³/mol. The number of morpholine rings is 1. The summed E-state index contributed by atoms with van der Waals surface area (Å²) >= 11 is 0. The number of aliphatic imine (C=N–C) groups is 1. The van der Waals surface area contributed by atoms with Gasteiger partial charge < -0.3 is 20.1 Å². The zero-order valence-corrected chi connectivity index (χ0v) is 20.0. The molecule has 6 nitrogen and oxygen atoms in total. The minimum absolute atomic E-state index is 0. The first-order valence-electron chi connectivity index (χ1n) is 9.89. The standard InChI is InChI=1S/C20H31F3N4O2.HI/c1-14(2)11-15(27-7-9-28-10-8-27)12-25-20(24-3)26-13-16-17(21)5-4-6-18(16)29-19(22)23;/h4-6,14-15,19H,7-13H2,1-3H3,(H2,24,25,26);1H. The van der Waals surface area contributed by atoms with Crippen LogP contribution in [-0.2, 0) is 11.3 Å². The molecule has 1 fully saturated rings. The molecule has 10 heteroatoms. The fourth-order valence-electron chi connectivity index (χ4n) is 3.37. The highest BCUT2D eigenvalue weighted by molar-refractivity contribution is 14.0. The summed E-state index contributed by atoms with van der Waals surface area (Å²) in [5.41, 5.74) is 0.0302. The Balaban J connectivity index is 0.00000450. The minimum Gasteiger partial charge on any atom is -0.434 e. The fourth-order valence-corrected chi connectivity index (χ4v) is 3.37. The molecule has 172 valence electrons. The molecule has 30 heavy (non-hydrogen) atoms. The molecule has 0 amide bonds. The maximum Gasteiger partial charge on any atom is 0.387 e. The normalized spacial score (nSPS) is 16.3. The van der Waals surface area contributed by atoms with Gasteiger partial charge >= 0.3 is 6.61 Å². The lowest BCUT2D eigenvalue weighted by atomic mass is 10.0. The van der Waals surface area contributed by atoms with Crippen LogP contribution in [-0.4, -0.2) is 63.4 Å². The van der Waals surface area contributed by atoms with Crippen LogP contribution in [0.15, 0.2) is 23.2 Å². The van der Waals surface area contributed by atoms with Crippen molar-refractivity contribution in [3.8, 4) is 5.75 Å². The van der Waals surface area contributed by atoms with Crippen molar-refractivity contribution in [2.24, 2.45) is 10.9 Å². The topological polar surface area (TPSA) is 58.1 Å². The van der Waals surface area contributed by atoms with Gasteiger partial charge in [-0.3, -0.25) is 9.89 Å². The molecule has 0 saturated carbocycles. The van der Waals surface area contributed by atoms with Crippen LogP contribution in [0.5, 0.6) is 5.75 Å². The zero-order chi connectivity index (χ0) is 21.2. The number of ether oxygens (including phenoxy) is 2. The van der Waals surface area contributed by atoms with Gasteiger partial charge in [0.2, 0.25) is 0 Å². The van der Waals surface area contributed by atoms with E-state index in [1.165, 1.54) is 18.2 Å². The van der Waals surface area contributed by atoms with Crippen LogP contribution in [0.25, 0.3) is 0 Å². The van der Waals surface area contributed by atoms with Crippen LogP contribution in [0.3, 0.4) is 0 Å². The number of rotatable bonds is 9. The lowest BCUT2D eigenvalue weighted by molar-refractivity contribution is -0.0506. The molecular weight excluding hydrogens is 512 g/mol. The average molecular weight is 544 g/mol. The Labute approximate surface area is 193 Å². The lowest BCUT2D eigenvalue weighted by Gasteiger charge is -2.35. The quantitative estimate of drug-likeness (QED) is 0.284. The Hall–Kier alpha value is -1.27. The molecule has 1 aromatic rings. The van der Waals surface area contributed by atoms with Gasteiger partial charge in [0.05, 0.1) is 13.2 Å². The van der Waals surface area contributed by atoms with Gasteiger partial charge in [-0.25, -0.2) is 4.39 Å². The van der Waals surface area contributed by atoms with Gasteiger partial charge in [0.1, 0.15) is 11.6 Å². The molecule has 0 radical (unpaired) electrons. The Morgan fingerprint density at radius 3 is 2.53 bits per heavy atom. The molecule has 0 spiro atoms. The van der Waals surface area contributed by atoms with Crippen LogP contribution in [0.1, 0.15) is 25.8 Å². The minimum atomic E-state index is -3.02. The molecule has 2 N–H and O–H groups in total. The number of alkyl halides is 2. The van der Waals surface area contributed by atoms with Crippen LogP contribution < -0.4 is 15.4 Å². The summed E-state index contributed by atoms with van der Waals surface area (Å²) in [5, 5.41) is 6.25. The number of nitrogens with one attached hydrogen (secondary N) is 2. The van der Waals surface area contributed by atoms with Gasteiger partial charge in [0.15, 0.2) is 5.96 Å². The van der Waals surface area contributed by atoms with E-state index in [1.54, 1.807) is 7.05 Å². The number of guanidine groups is 1. The van der Waals surface area contributed by atoms with Gasteiger partial charge in [-0.2, -0.15) is 8.78 Å². The smallest absolute Gasteiger partial charge is 0.387 e. The van der Waals surface area contributed by atoms with Crippen molar-refractivity contribution in [3.63, 3.8) is 0 Å². The van der Waals surface area contributed by atoms with Crippen LogP contribution >= 0.6 is 24.0 Å². The van der Waals surface area contributed by atoms with E-state index in [0.29, 0.717) is 24.5 Å². The number of halogens is 4. The number of benzene rings is 1. The summed E-state index contributed by atoms with van der Waals surface area (Å²) in [5.74, 6) is 0.205. The summed E-state index contributed by atoms with van der Waals surface area (Å²) in [6.45, 7) is 5.20. The third-order valence-electron chi connectivity index (χ3n) is 4.76. The lowest BCUT2D eigenvalue weighted by Crippen LogP contribution is -2.51. The molecule has 1 aromatic carbocycles. The van der Waals surface area contributed by atoms with Crippen molar-refractivity contribution < 1.29 is 22.6 Å². The number of hydrogen-bond donors (Lipinski definition) is 2. The van der Waals surface area contributed by atoms with Gasteiger partial charge in [-0.1, -0.05) is 19.9 Å². The fraction of sp³-hybridized carbons (Fsp3) is 0.650. The van der Waals surface area contributed by atoms with Crippen molar-refractivity contribution >= 4 is 29.9 Å². The SMILES string of the molecule is CN=C(NCc1c(F)cccc1OC(F)F)NCC(CC(C)C)N1CCOCC1.I. The third kappa shape index (κ3) is 8.84. The van der Waals surface area contributed by atoms with E-state index >= 15 is 0 Å². The molecule has 0 aliphatic carbocycles. The summed E-state index contributed by atoms with van der Waals surface area (Å²) in [4.78, 5) is 6.56. The Kier molecular flexibility index (Phi) is 12.4. The molecule has 1 atom stereocenters. The summed E-state index contributed by atoms with van der Waals surface area (Å²) in [6, 6.07) is 4.17. The van der Waals surface area contributed by atoms with Gasteiger partial charge in [0, 0.05) is 44.8 Å². The molecule has 1 heterocycles. The van der Waals surface area contributed by atoms with Crippen LogP contribution in [0.4, 0.5) is 13.2 Å². The molecule has 1 saturated heterocycles. The second-order valence-electron chi connectivity index (χ2n) is 7.33. The van der Waals surface area contributed by atoms with E-state index in [-0.39, 0.29) is 41.8 Å². The third-order valence-corrected chi connectivity index (χ3v) is 4.76. The predicted octanol–water partition coefficient (Wildman–Crippen LogP) is 3.46. The first-order valence-corrected chi connectivity index (χ1v) is 9.89. The summed E-state index contributed by atoms with van der Waals surface area (Å²) in [7, 11) is 1.61. The van der Waals surface area contributed by atoms with E-state index in [1.807, 2.05) is 0 Å². The molecule has 0 aromatic heterocycles. The highest BCUT2D eigenvalue weighted by Crippen LogP contribution is 2.23. The van der Waals surface area contributed by atoms with Crippen molar-refractivity contribution in [3.05, 3.63) is 29.6 Å². The second kappa shape index (κ2) is 13.9. The zero-order valence-electron chi connectivity index (χ0n) is 17.7. The molecular formula is C20H32F3IN4O2. The van der Waals surface area contributed by atoms with E-state index in [2.05, 4.69) is 39.1 Å². The number of nitrogens with zero attached hydrogens (tertiary/aromatic N) is 2.